The predicted molar refractivity (Wildman–Crippen MR) is 125 cm³/mol. The highest BCUT2D eigenvalue weighted by Gasteiger charge is 2.77. The summed E-state index contributed by atoms with van der Waals surface area (Å²) in [7, 11) is 0. The molecule has 3 aliphatic heterocycles. The number of rotatable bonds is 8. The number of aliphatic hydroxyl groups excluding tert-OH is 1. The van der Waals surface area contributed by atoms with Gasteiger partial charge in [-0.1, -0.05) is 19.9 Å². The SMILES string of the molecule is C=CCN(C(=O)C1N([C@@H](CC)CO)C(=O)[C@@H]2[C@@H](C(=O)OCC)[C@H]3CC(C)C12S3)C(C)(C)C. The zero-order chi connectivity index (χ0) is 24.0. The molecule has 3 aliphatic rings. The van der Waals surface area contributed by atoms with E-state index >= 15 is 0 Å². The predicted octanol–water partition coefficient (Wildman–Crippen LogP) is 2.47. The van der Waals surface area contributed by atoms with Crippen LogP contribution in [0.2, 0.25) is 0 Å². The number of esters is 1. The summed E-state index contributed by atoms with van der Waals surface area (Å²) in [5.74, 6) is -1.76. The summed E-state index contributed by atoms with van der Waals surface area (Å²) in [5, 5.41) is 10.1. The van der Waals surface area contributed by atoms with E-state index in [1.165, 1.54) is 0 Å². The van der Waals surface area contributed by atoms with Gasteiger partial charge in [-0.05, 0) is 46.5 Å². The van der Waals surface area contributed by atoms with Crippen molar-refractivity contribution >= 4 is 29.5 Å². The highest BCUT2D eigenvalue weighted by Crippen LogP contribution is 2.69. The van der Waals surface area contributed by atoms with E-state index in [9.17, 15) is 19.5 Å². The first-order chi connectivity index (χ1) is 15.0. The Labute approximate surface area is 195 Å². The lowest BCUT2D eigenvalue weighted by molar-refractivity contribution is -0.154. The minimum atomic E-state index is -0.735. The number of hydrogen-bond donors (Lipinski definition) is 1. The van der Waals surface area contributed by atoms with Gasteiger partial charge in [0.25, 0.3) is 0 Å². The van der Waals surface area contributed by atoms with Gasteiger partial charge in [-0.15, -0.1) is 18.3 Å². The second-order valence-corrected chi connectivity index (χ2v) is 11.8. The van der Waals surface area contributed by atoms with E-state index in [-0.39, 0.29) is 42.2 Å². The fourth-order valence-corrected chi connectivity index (χ4v) is 8.41. The van der Waals surface area contributed by atoms with Crippen molar-refractivity contribution < 1.29 is 24.2 Å². The molecule has 3 fully saturated rings. The van der Waals surface area contributed by atoms with E-state index in [0.717, 1.165) is 6.42 Å². The number of amides is 2. The maximum absolute atomic E-state index is 14.2. The Balaban J connectivity index is 2.16. The zero-order valence-corrected chi connectivity index (χ0v) is 21.0. The van der Waals surface area contributed by atoms with Crippen LogP contribution in [0.3, 0.4) is 0 Å². The Bertz CT molecular complexity index is 777. The largest absolute Gasteiger partial charge is 0.466 e. The fourth-order valence-electron chi connectivity index (χ4n) is 6.02. The van der Waals surface area contributed by atoms with Crippen molar-refractivity contribution in [2.45, 2.75) is 82.0 Å². The lowest BCUT2D eigenvalue weighted by Gasteiger charge is -2.45. The van der Waals surface area contributed by atoms with Gasteiger partial charge in [0.1, 0.15) is 6.04 Å². The van der Waals surface area contributed by atoms with E-state index in [4.69, 9.17) is 4.74 Å². The number of aliphatic hydroxyl groups is 1. The lowest BCUT2D eigenvalue weighted by Crippen LogP contribution is -2.61. The molecule has 2 amide bonds. The lowest BCUT2D eigenvalue weighted by atomic mass is 9.66. The Morgan fingerprint density at radius 3 is 2.56 bits per heavy atom. The standard InChI is InChI=1S/C24H38N2O5S/c1-8-11-25(23(5,6)7)21(29)19-24-14(4)12-16(32-24)17(22(30)31-10-3)18(24)20(28)26(19)15(9-2)13-27/h8,14-19,27H,1,9-13H2,2-7H3/t14?,15-,16+,17-,18-,19?,24?/m0/s1. The number of fused-ring (bicyclic) bond motifs is 1. The van der Waals surface area contributed by atoms with E-state index in [1.807, 2.05) is 27.7 Å². The molecule has 180 valence electrons. The summed E-state index contributed by atoms with van der Waals surface area (Å²) in [6, 6.07) is -1.21. The Kier molecular flexibility index (Phi) is 7.06. The average Bonchev–Trinajstić information content (AvgIpc) is 3.30. The number of nitrogens with zero attached hydrogens (tertiary/aromatic N) is 2. The highest BCUT2D eigenvalue weighted by molar-refractivity contribution is 8.02. The second-order valence-electron chi connectivity index (χ2n) is 10.2. The van der Waals surface area contributed by atoms with Crippen LogP contribution in [-0.4, -0.2) is 80.1 Å². The minimum Gasteiger partial charge on any atom is -0.466 e. The van der Waals surface area contributed by atoms with Gasteiger partial charge in [0.05, 0.1) is 35.8 Å². The van der Waals surface area contributed by atoms with Crippen molar-refractivity contribution in [2.75, 3.05) is 19.8 Å². The van der Waals surface area contributed by atoms with Gasteiger partial charge >= 0.3 is 5.97 Å². The van der Waals surface area contributed by atoms with Crippen LogP contribution in [0, 0.1) is 17.8 Å². The highest BCUT2D eigenvalue weighted by atomic mass is 32.2. The maximum Gasteiger partial charge on any atom is 0.310 e. The molecule has 3 heterocycles. The third-order valence-electron chi connectivity index (χ3n) is 7.44. The normalized spacial score (nSPS) is 34.4. The van der Waals surface area contributed by atoms with Crippen molar-refractivity contribution in [3.8, 4) is 0 Å². The van der Waals surface area contributed by atoms with Gasteiger partial charge in [-0.3, -0.25) is 14.4 Å². The molecule has 7 atom stereocenters. The first kappa shape index (κ1) is 25.1. The second kappa shape index (κ2) is 9.01. The third-order valence-corrected chi connectivity index (χ3v) is 9.52. The number of carbonyl (C=O) groups excluding carboxylic acids is 3. The van der Waals surface area contributed by atoms with Crippen molar-refractivity contribution in [3.63, 3.8) is 0 Å². The summed E-state index contributed by atoms with van der Waals surface area (Å²) in [6.07, 6.45) is 2.99. The Morgan fingerprint density at radius 2 is 2.06 bits per heavy atom. The molecule has 32 heavy (non-hydrogen) atoms. The molecule has 8 heteroatoms. The van der Waals surface area contributed by atoms with Crippen LogP contribution in [0.5, 0.6) is 0 Å². The number of carbonyl (C=O) groups is 3. The van der Waals surface area contributed by atoms with Crippen LogP contribution in [0.1, 0.15) is 54.4 Å². The van der Waals surface area contributed by atoms with Crippen molar-refractivity contribution in [2.24, 2.45) is 17.8 Å². The van der Waals surface area contributed by atoms with E-state index < -0.39 is 34.2 Å². The zero-order valence-electron chi connectivity index (χ0n) is 20.2. The topological polar surface area (TPSA) is 87.2 Å². The molecule has 1 spiro atoms. The molecule has 0 aliphatic carbocycles. The van der Waals surface area contributed by atoms with Gasteiger partial charge in [0.2, 0.25) is 11.8 Å². The van der Waals surface area contributed by atoms with Gasteiger partial charge < -0.3 is 19.6 Å². The first-order valence-corrected chi connectivity index (χ1v) is 12.6. The number of thioether (sulfide) groups is 1. The van der Waals surface area contributed by atoms with E-state index in [1.54, 1.807) is 34.6 Å². The van der Waals surface area contributed by atoms with Crippen LogP contribution in [0.4, 0.5) is 0 Å². The van der Waals surface area contributed by atoms with Crippen LogP contribution < -0.4 is 0 Å². The summed E-state index contributed by atoms with van der Waals surface area (Å²) >= 11 is 1.63. The quantitative estimate of drug-likeness (QED) is 0.437. The van der Waals surface area contributed by atoms with Crippen LogP contribution in [0.25, 0.3) is 0 Å². The van der Waals surface area contributed by atoms with Crippen molar-refractivity contribution in [1.82, 2.24) is 9.80 Å². The molecular weight excluding hydrogens is 428 g/mol. The molecule has 0 aromatic carbocycles. The monoisotopic (exact) mass is 466 g/mol. The van der Waals surface area contributed by atoms with Crippen LogP contribution in [-0.2, 0) is 19.1 Å². The number of ether oxygens (including phenoxy) is 1. The van der Waals surface area contributed by atoms with Crippen LogP contribution in [0.15, 0.2) is 12.7 Å². The van der Waals surface area contributed by atoms with Crippen molar-refractivity contribution in [1.29, 1.82) is 0 Å². The van der Waals surface area contributed by atoms with E-state index in [2.05, 4.69) is 13.5 Å². The van der Waals surface area contributed by atoms with Gasteiger partial charge in [-0.2, -0.15) is 0 Å². The summed E-state index contributed by atoms with van der Waals surface area (Å²) in [4.78, 5) is 44.5. The molecule has 0 radical (unpaired) electrons. The molecule has 3 saturated heterocycles. The summed E-state index contributed by atoms with van der Waals surface area (Å²) in [6.45, 7) is 15.9. The van der Waals surface area contributed by atoms with Gasteiger partial charge in [0.15, 0.2) is 0 Å². The first-order valence-electron chi connectivity index (χ1n) is 11.7. The van der Waals surface area contributed by atoms with Gasteiger partial charge in [0, 0.05) is 17.3 Å². The maximum atomic E-state index is 14.2. The van der Waals surface area contributed by atoms with Gasteiger partial charge in [-0.25, -0.2) is 0 Å². The molecule has 0 saturated carbocycles. The van der Waals surface area contributed by atoms with Crippen LogP contribution >= 0.6 is 11.8 Å². The molecule has 3 rings (SSSR count). The molecule has 7 nitrogen and oxygen atoms in total. The third kappa shape index (κ3) is 3.58. The van der Waals surface area contributed by atoms with E-state index in [0.29, 0.717) is 13.0 Å². The molecule has 1 N–H and O–H groups in total. The molecular formula is C24H38N2O5S. The summed E-state index contributed by atoms with van der Waals surface area (Å²) < 4.78 is 4.67. The number of hydrogen-bond acceptors (Lipinski definition) is 6. The minimum absolute atomic E-state index is 0.0351. The Morgan fingerprint density at radius 1 is 1.41 bits per heavy atom. The fraction of sp³-hybridized carbons (Fsp3) is 0.792. The molecule has 2 bridgehead atoms. The average molecular weight is 467 g/mol. The summed E-state index contributed by atoms with van der Waals surface area (Å²) in [5.41, 5.74) is -0.472. The molecule has 0 aromatic rings. The molecule has 3 unspecified atom stereocenters. The van der Waals surface area contributed by atoms with Crippen molar-refractivity contribution in [3.05, 3.63) is 12.7 Å². The molecule has 0 aromatic heterocycles. The number of likely N-dealkylation sites (tertiary alicyclic amines) is 1. The smallest absolute Gasteiger partial charge is 0.310 e. The Hall–Kier alpha value is -1.54.